The Morgan fingerprint density at radius 2 is 1.92 bits per heavy atom. The highest BCUT2D eigenvalue weighted by molar-refractivity contribution is 8.00. The van der Waals surface area contributed by atoms with E-state index in [1.54, 1.807) is 0 Å². The zero-order valence-electron chi connectivity index (χ0n) is 12.2. The number of pyridine rings is 1. The second kappa shape index (κ2) is 7.16. The number of nitrogens with one attached hydrogen (secondary N) is 1. The third-order valence-corrected chi connectivity index (χ3v) is 3.97. The van der Waals surface area contributed by atoms with E-state index in [-0.39, 0.29) is 10.7 Å². The molecule has 3 nitrogen and oxygen atoms in total. The first-order valence-corrected chi connectivity index (χ1v) is 7.50. The van der Waals surface area contributed by atoms with E-state index in [4.69, 9.17) is 0 Å². The van der Waals surface area contributed by atoms with Crippen LogP contribution in [-0.2, 0) is 11.0 Å². The zero-order valence-corrected chi connectivity index (χ0v) is 13.0. The first kappa shape index (κ1) is 18.2. The minimum absolute atomic E-state index is 0.199. The van der Waals surface area contributed by atoms with Crippen molar-refractivity contribution < 1.29 is 26.7 Å². The summed E-state index contributed by atoms with van der Waals surface area (Å²) in [7, 11) is 0. The molecule has 9 heteroatoms. The summed E-state index contributed by atoms with van der Waals surface area (Å²) >= 11 is 0.894. The van der Waals surface area contributed by atoms with Crippen molar-refractivity contribution >= 4 is 23.4 Å². The summed E-state index contributed by atoms with van der Waals surface area (Å²) < 4.78 is 63.9. The topological polar surface area (TPSA) is 42.0 Å². The van der Waals surface area contributed by atoms with Crippen molar-refractivity contribution in [3.63, 3.8) is 0 Å². The molecular weight excluding hydrogens is 351 g/mol. The van der Waals surface area contributed by atoms with E-state index in [0.29, 0.717) is 6.20 Å². The number of carbonyl (C=O) groups excluding carboxylic acids is 1. The van der Waals surface area contributed by atoms with Gasteiger partial charge < -0.3 is 5.32 Å². The number of halogens is 5. The molecule has 0 bridgehead atoms. The van der Waals surface area contributed by atoms with E-state index in [9.17, 15) is 26.7 Å². The van der Waals surface area contributed by atoms with Crippen molar-refractivity contribution in [3.8, 4) is 0 Å². The highest BCUT2D eigenvalue weighted by atomic mass is 32.2. The van der Waals surface area contributed by atoms with Crippen LogP contribution in [0.25, 0.3) is 0 Å². The maximum atomic E-state index is 13.5. The number of thioether (sulfide) groups is 1. The summed E-state index contributed by atoms with van der Waals surface area (Å²) in [5, 5.41) is 1.64. The third-order valence-electron chi connectivity index (χ3n) is 2.92. The first-order valence-electron chi connectivity index (χ1n) is 6.62. The van der Waals surface area contributed by atoms with E-state index < -0.39 is 34.5 Å². The summed E-state index contributed by atoms with van der Waals surface area (Å²) in [6.07, 6.45) is -3.83. The number of amides is 1. The minimum atomic E-state index is -4.49. The lowest BCUT2D eigenvalue weighted by molar-refractivity contribution is -0.137. The van der Waals surface area contributed by atoms with Gasteiger partial charge in [0.1, 0.15) is 11.6 Å². The summed E-state index contributed by atoms with van der Waals surface area (Å²) in [6.45, 7) is 1.47. The molecule has 1 atom stereocenters. The van der Waals surface area contributed by atoms with Crippen molar-refractivity contribution in [2.75, 3.05) is 5.32 Å². The second-order valence-corrected chi connectivity index (χ2v) is 6.12. The van der Waals surface area contributed by atoms with Crippen LogP contribution < -0.4 is 5.32 Å². The van der Waals surface area contributed by atoms with Crippen LogP contribution in [0.1, 0.15) is 12.5 Å². The zero-order chi connectivity index (χ0) is 17.9. The number of benzene rings is 1. The standard InChI is InChI=1S/C15H11F5N2OS/c1-8(14(23)22-12-6-10(16)3-4-11(12)17)24-13-5-2-9(7-21-13)15(18,19)20/h2-8H,1H3,(H,22,23). The van der Waals surface area contributed by atoms with Crippen LogP contribution >= 0.6 is 11.8 Å². The molecule has 128 valence electrons. The first-order chi connectivity index (χ1) is 11.2. The van der Waals surface area contributed by atoms with Gasteiger partial charge >= 0.3 is 6.18 Å². The summed E-state index contributed by atoms with van der Waals surface area (Å²) in [5.41, 5.74) is -1.21. The molecule has 1 aromatic carbocycles. The molecule has 0 saturated carbocycles. The average Bonchev–Trinajstić information content (AvgIpc) is 2.50. The number of aromatic nitrogens is 1. The van der Waals surface area contributed by atoms with Crippen LogP contribution in [0.5, 0.6) is 0 Å². The molecule has 1 N–H and O–H groups in total. The monoisotopic (exact) mass is 362 g/mol. The SMILES string of the molecule is CC(Sc1ccc(C(F)(F)F)cn1)C(=O)Nc1cc(F)ccc1F. The van der Waals surface area contributed by atoms with Gasteiger partial charge in [0.2, 0.25) is 5.91 Å². The highest BCUT2D eigenvalue weighted by Crippen LogP contribution is 2.30. The molecule has 24 heavy (non-hydrogen) atoms. The van der Waals surface area contributed by atoms with Crippen LogP contribution in [0.4, 0.5) is 27.6 Å². The van der Waals surface area contributed by atoms with Gasteiger partial charge in [-0.15, -0.1) is 0 Å². The van der Waals surface area contributed by atoms with Gasteiger partial charge in [0.05, 0.1) is 21.5 Å². The Bertz CT molecular complexity index is 734. The lowest BCUT2D eigenvalue weighted by atomic mass is 10.3. The molecule has 1 unspecified atom stereocenters. The van der Waals surface area contributed by atoms with Crippen molar-refractivity contribution in [2.45, 2.75) is 23.4 Å². The van der Waals surface area contributed by atoms with Crippen LogP contribution in [0.15, 0.2) is 41.6 Å². The molecule has 0 saturated heterocycles. The Morgan fingerprint density at radius 1 is 1.21 bits per heavy atom. The van der Waals surface area contributed by atoms with Gasteiger partial charge in [-0.2, -0.15) is 13.2 Å². The molecule has 0 radical (unpaired) electrons. The van der Waals surface area contributed by atoms with Crippen molar-refractivity contribution in [2.24, 2.45) is 0 Å². The molecule has 0 aliphatic heterocycles. The number of alkyl halides is 3. The fraction of sp³-hybridized carbons (Fsp3) is 0.200. The second-order valence-electron chi connectivity index (χ2n) is 4.76. The van der Waals surface area contributed by atoms with E-state index in [2.05, 4.69) is 10.3 Å². The Balaban J connectivity index is 2.02. The molecule has 0 fully saturated rings. The smallest absolute Gasteiger partial charge is 0.323 e. The number of hydrogen-bond donors (Lipinski definition) is 1. The van der Waals surface area contributed by atoms with Crippen molar-refractivity contribution in [1.29, 1.82) is 0 Å². The van der Waals surface area contributed by atoms with Crippen LogP contribution in [-0.4, -0.2) is 16.1 Å². The Hall–Kier alpha value is -2.16. The predicted molar refractivity (Wildman–Crippen MR) is 79.5 cm³/mol. The lowest BCUT2D eigenvalue weighted by Gasteiger charge is -2.12. The van der Waals surface area contributed by atoms with Crippen LogP contribution in [0, 0.1) is 11.6 Å². The summed E-state index contributed by atoms with van der Waals surface area (Å²) in [6, 6.07) is 4.61. The maximum absolute atomic E-state index is 13.5. The Kier molecular flexibility index (Phi) is 5.43. The van der Waals surface area contributed by atoms with Crippen molar-refractivity contribution in [1.82, 2.24) is 4.98 Å². The van der Waals surface area contributed by atoms with Gasteiger partial charge in [-0.1, -0.05) is 11.8 Å². The number of rotatable bonds is 4. The Labute approximate surface area is 138 Å². The molecule has 1 amide bonds. The molecule has 1 aromatic heterocycles. The maximum Gasteiger partial charge on any atom is 0.417 e. The average molecular weight is 362 g/mol. The molecule has 0 aliphatic carbocycles. The van der Waals surface area contributed by atoms with E-state index >= 15 is 0 Å². The van der Waals surface area contributed by atoms with Gasteiger partial charge in [0.15, 0.2) is 0 Å². The number of carbonyl (C=O) groups is 1. The molecule has 0 aliphatic rings. The quantitative estimate of drug-likeness (QED) is 0.643. The van der Waals surface area contributed by atoms with Gasteiger partial charge in [-0.3, -0.25) is 4.79 Å². The largest absolute Gasteiger partial charge is 0.417 e. The Morgan fingerprint density at radius 3 is 2.50 bits per heavy atom. The minimum Gasteiger partial charge on any atom is -0.323 e. The predicted octanol–water partition coefficient (Wildman–Crippen LogP) is 4.50. The third kappa shape index (κ3) is 4.67. The van der Waals surface area contributed by atoms with E-state index in [1.165, 1.54) is 6.92 Å². The number of hydrogen-bond acceptors (Lipinski definition) is 3. The van der Waals surface area contributed by atoms with Gasteiger partial charge in [-0.25, -0.2) is 13.8 Å². The fourth-order valence-electron chi connectivity index (χ4n) is 1.68. The van der Waals surface area contributed by atoms with Crippen molar-refractivity contribution in [3.05, 3.63) is 53.7 Å². The highest BCUT2D eigenvalue weighted by Gasteiger charge is 2.30. The molecule has 1 heterocycles. The van der Waals surface area contributed by atoms with Gasteiger partial charge in [-0.05, 0) is 31.2 Å². The molecular formula is C15H11F5N2OS. The summed E-state index contributed by atoms with van der Waals surface area (Å²) in [4.78, 5) is 15.6. The number of anilines is 1. The summed E-state index contributed by atoms with van der Waals surface area (Å²) in [5.74, 6) is -2.14. The van der Waals surface area contributed by atoms with Gasteiger partial charge in [0, 0.05) is 12.3 Å². The fourth-order valence-corrected chi connectivity index (χ4v) is 2.47. The number of nitrogens with zero attached hydrogens (tertiary/aromatic N) is 1. The molecule has 2 aromatic rings. The van der Waals surface area contributed by atoms with E-state index in [1.807, 2.05) is 0 Å². The lowest BCUT2D eigenvalue weighted by Crippen LogP contribution is -2.23. The van der Waals surface area contributed by atoms with E-state index in [0.717, 1.165) is 42.1 Å². The van der Waals surface area contributed by atoms with Gasteiger partial charge in [0.25, 0.3) is 0 Å². The van der Waals surface area contributed by atoms with Crippen LogP contribution in [0.3, 0.4) is 0 Å². The van der Waals surface area contributed by atoms with Crippen LogP contribution in [0.2, 0.25) is 0 Å². The normalized spacial score (nSPS) is 12.8. The molecule has 0 spiro atoms. The molecule has 2 rings (SSSR count).